The van der Waals surface area contributed by atoms with Crippen molar-refractivity contribution < 1.29 is 20.1 Å². The molecule has 0 aliphatic carbocycles. The van der Waals surface area contributed by atoms with Crippen molar-refractivity contribution >= 4 is 23.1 Å². The average molecular weight is 353 g/mol. The third-order valence-corrected chi connectivity index (χ3v) is 4.28. The molecule has 0 amide bonds. The number of nitrogens with one attached hydrogen (secondary N) is 1. The summed E-state index contributed by atoms with van der Waals surface area (Å²) in [6, 6.07) is 6.62. The van der Waals surface area contributed by atoms with Crippen molar-refractivity contribution in [3.05, 3.63) is 59.0 Å². The largest absolute Gasteiger partial charge is 0.505 e. The Labute approximate surface area is 149 Å². The van der Waals surface area contributed by atoms with Crippen LogP contribution in [0.25, 0.3) is 10.9 Å². The summed E-state index contributed by atoms with van der Waals surface area (Å²) in [6.45, 7) is 1.29. The highest BCUT2D eigenvalue weighted by atomic mass is 16.4. The van der Waals surface area contributed by atoms with Crippen molar-refractivity contribution in [2.24, 2.45) is 4.99 Å². The van der Waals surface area contributed by atoms with E-state index in [1.54, 1.807) is 13.1 Å². The Kier molecular flexibility index (Phi) is 4.99. The fraction of sp³-hybridized carbons (Fsp3) is 0.211. The lowest BCUT2D eigenvalue weighted by Gasteiger charge is -2.10. The van der Waals surface area contributed by atoms with Gasteiger partial charge in [0.2, 0.25) is 0 Å². The minimum atomic E-state index is -1.07. The van der Waals surface area contributed by atoms with Gasteiger partial charge in [-0.3, -0.25) is 9.98 Å². The molecule has 2 heterocycles. The van der Waals surface area contributed by atoms with E-state index in [4.69, 9.17) is 0 Å². The molecule has 0 aliphatic rings. The number of fused-ring (bicyclic) bond motifs is 1. The van der Waals surface area contributed by atoms with Crippen molar-refractivity contribution in [2.45, 2.75) is 26.0 Å². The van der Waals surface area contributed by atoms with Crippen LogP contribution in [0, 0.1) is 6.92 Å². The van der Waals surface area contributed by atoms with Crippen LogP contribution in [0.4, 0.5) is 0 Å². The zero-order chi connectivity index (χ0) is 18.7. The van der Waals surface area contributed by atoms with Gasteiger partial charge in [0.05, 0.1) is 12.3 Å². The molecule has 0 radical (unpaired) electrons. The summed E-state index contributed by atoms with van der Waals surface area (Å²) in [7, 11) is 0. The van der Waals surface area contributed by atoms with Crippen LogP contribution in [0.5, 0.6) is 5.75 Å². The standard InChI is InChI=1S/C19H19N3O4/c1-11-18(24)15(13(10-23)8-20-11)9-22-17(19(25)26)6-12-7-21-16-5-3-2-4-14(12)16/h2-5,7-9,17,21,23-24H,6,10H2,1H3,(H,25,26)/t17-/m0/s1. The molecule has 26 heavy (non-hydrogen) atoms. The normalized spacial score (nSPS) is 12.7. The van der Waals surface area contributed by atoms with Gasteiger partial charge in [0.1, 0.15) is 5.75 Å². The number of aliphatic hydroxyl groups is 1. The smallest absolute Gasteiger partial charge is 0.328 e. The monoisotopic (exact) mass is 353 g/mol. The molecule has 1 aromatic carbocycles. The van der Waals surface area contributed by atoms with E-state index in [1.165, 1.54) is 12.4 Å². The number of nitrogens with zero attached hydrogens (tertiary/aromatic N) is 2. The molecule has 0 saturated carbocycles. The van der Waals surface area contributed by atoms with Crippen molar-refractivity contribution in [3.8, 4) is 5.75 Å². The summed E-state index contributed by atoms with van der Waals surface area (Å²) in [5, 5.41) is 30.0. The molecule has 1 atom stereocenters. The van der Waals surface area contributed by atoms with Gasteiger partial charge < -0.3 is 20.3 Å². The number of aliphatic hydroxyl groups excluding tert-OH is 1. The van der Waals surface area contributed by atoms with E-state index < -0.39 is 12.0 Å². The van der Waals surface area contributed by atoms with E-state index in [-0.39, 0.29) is 24.3 Å². The van der Waals surface area contributed by atoms with Crippen LogP contribution in [0.3, 0.4) is 0 Å². The summed E-state index contributed by atoms with van der Waals surface area (Å²) in [6.07, 6.45) is 4.72. The zero-order valence-electron chi connectivity index (χ0n) is 14.2. The van der Waals surface area contributed by atoms with Crippen LogP contribution in [0.1, 0.15) is 22.4 Å². The zero-order valence-corrected chi connectivity index (χ0v) is 14.2. The van der Waals surface area contributed by atoms with Gasteiger partial charge in [0, 0.05) is 47.1 Å². The van der Waals surface area contributed by atoms with Crippen molar-refractivity contribution in [3.63, 3.8) is 0 Å². The SMILES string of the molecule is Cc1ncc(CO)c(C=N[C@@H](Cc2c[nH]c3ccccc23)C(=O)O)c1O. The van der Waals surface area contributed by atoms with Crippen LogP contribution >= 0.6 is 0 Å². The van der Waals surface area contributed by atoms with Crippen LogP contribution in [0.15, 0.2) is 41.7 Å². The molecule has 3 rings (SSSR count). The van der Waals surface area contributed by atoms with E-state index in [0.29, 0.717) is 11.3 Å². The second-order valence-corrected chi connectivity index (χ2v) is 5.99. The maximum Gasteiger partial charge on any atom is 0.328 e. The molecule has 0 bridgehead atoms. The maximum atomic E-state index is 11.6. The lowest BCUT2D eigenvalue weighted by atomic mass is 10.0. The van der Waals surface area contributed by atoms with Gasteiger partial charge >= 0.3 is 5.97 Å². The number of aromatic nitrogens is 2. The highest BCUT2D eigenvalue weighted by Gasteiger charge is 2.19. The number of carboxylic acid groups (broad SMARTS) is 1. The number of pyridine rings is 1. The molecule has 2 aromatic heterocycles. The van der Waals surface area contributed by atoms with Gasteiger partial charge in [-0.15, -0.1) is 0 Å². The summed E-state index contributed by atoms with van der Waals surface area (Å²) in [5.41, 5.74) is 2.83. The maximum absolute atomic E-state index is 11.6. The fourth-order valence-electron chi connectivity index (χ4n) is 2.80. The summed E-state index contributed by atoms with van der Waals surface area (Å²) >= 11 is 0. The molecule has 7 nitrogen and oxygen atoms in total. The molecule has 7 heteroatoms. The Morgan fingerprint density at radius 2 is 2.12 bits per heavy atom. The first-order chi connectivity index (χ1) is 12.5. The first-order valence-corrected chi connectivity index (χ1v) is 8.10. The van der Waals surface area contributed by atoms with E-state index in [0.717, 1.165) is 16.5 Å². The average Bonchev–Trinajstić information content (AvgIpc) is 3.04. The summed E-state index contributed by atoms with van der Waals surface area (Å²) < 4.78 is 0. The second kappa shape index (κ2) is 7.37. The molecule has 0 spiro atoms. The predicted octanol–water partition coefficient (Wildman–Crippen LogP) is 2.18. The number of H-pyrrole nitrogens is 1. The van der Waals surface area contributed by atoms with Crippen molar-refractivity contribution in [2.75, 3.05) is 0 Å². The van der Waals surface area contributed by atoms with E-state index in [2.05, 4.69) is 15.0 Å². The number of aromatic amines is 1. The lowest BCUT2D eigenvalue weighted by Crippen LogP contribution is -2.21. The Morgan fingerprint density at radius 1 is 1.35 bits per heavy atom. The molecular formula is C19H19N3O4. The quantitative estimate of drug-likeness (QED) is 0.507. The third-order valence-electron chi connectivity index (χ3n) is 4.28. The first-order valence-electron chi connectivity index (χ1n) is 8.10. The number of aliphatic imine (C=N–C) groups is 1. The molecule has 0 aliphatic heterocycles. The van der Waals surface area contributed by atoms with Crippen LogP contribution in [-0.4, -0.2) is 43.5 Å². The van der Waals surface area contributed by atoms with E-state index >= 15 is 0 Å². The van der Waals surface area contributed by atoms with Crippen molar-refractivity contribution in [1.82, 2.24) is 9.97 Å². The van der Waals surface area contributed by atoms with Crippen molar-refractivity contribution in [1.29, 1.82) is 0 Å². The highest BCUT2D eigenvalue weighted by molar-refractivity contribution is 5.89. The van der Waals surface area contributed by atoms with Gasteiger partial charge in [0.15, 0.2) is 6.04 Å². The van der Waals surface area contributed by atoms with Crippen LogP contribution in [0.2, 0.25) is 0 Å². The predicted molar refractivity (Wildman–Crippen MR) is 97.6 cm³/mol. The lowest BCUT2D eigenvalue weighted by molar-refractivity contribution is -0.138. The number of carbonyl (C=O) groups is 1. The molecule has 3 aromatic rings. The number of carboxylic acids is 1. The van der Waals surface area contributed by atoms with Gasteiger partial charge in [-0.25, -0.2) is 4.79 Å². The highest BCUT2D eigenvalue weighted by Crippen LogP contribution is 2.23. The van der Waals surface area contributed by atoms with Gasteiger partial charge in [-0.2, -0.15) is 0 Å². The number of benzene rings is 1. The Hall–Kier alpha value is -3.19. The number of hydrogen-bond donors (Lipinski definition) is 4. The topological polar surface area (TPSA) is 119 Å². The summed E-state index contributed by atoms with van der Waals surface area (Å²) in [4.78, 5) is 22.9. The molecule has 0 unspecified atom stereocenters. The number of aryl methyl sites for hydroxylation is 1. The number of para-hydroxylation sites is 1. The van der Waals surface area contributed by atoms with Crippen LogP contribution < -0.4 is 0 Å². The third kappa shape index (κ3) is 3.43. The molecule has 4 N–H and O–H groups in total. The van der Waals surface area contributed by atoms with Crippen LogP contribution in [-0.2, 0) is 17.8 Å². The number of rotatable bonds is 6. The van der Waals surface area contributed by atoms with E-state index in [9.17, 15) is 20.1 Å². The minimum absolute atomic E-state index is 0.114. The first kappa shape index (κ1) is 17.6. The van der Waals surface area contributed by atoms with Gasteiger partial charge in [-0.1, -0.05) is 18.2 Å². The minimum Gasteiger partial charge on any atom is -0.505 e. The second-order valence-electron chi connectivity index (χ2n) is 5.99. The Bertz CT molecular complexity index is 978. The van der Waals surface area contributed by atoms with E-state index in [1.807, 2.05) is 24.3 Å². The number of aromatic hydroxyl groups is 1. The number of hydrogen-bond acceptors (Lipinski definition) is 5. The molecule has 134 valence electrons. The molecule has 0 fully saturated rings. The molecular weight excluding hydrogens is 334 g/mol. The van der Waals surface area contributed by atoms with Gasteiger partial charge in [-0.05, 0) is 18.6 Å². The van der Waals surface area contributed by atoms with Gasteiger partial charge in [0.25, 0.3) is 0 Å². The Balaban J connectivity index is 1.91. The number of aliphatic carboxylic acids is 1. The molecule has 0 saturated heterocycles. The summed E-state index contributed by atoms with van der Waals surface area (Å²) in [5.74, 6) is -1.18. The Morgan fingerprint density at radius 3 is 2.85 bits per heavy atom. The fourth-order valence-corrected chi connectivity index (χ4v) is 2.80.